The number of nitrogens with zero attached hydrogens (tertiary/aromatic N) is 1. The van der Waals surface area contributed by atoms with Gasteiger partial charge in [-0.05, 0) is 32.0 Å². The molecule has 0 amide bonds. The average Bonchev–Trinajstić information content (AvgIpc) is 2.33. The first-order chi connectivity index (χ1) is 9.87. The fraction of sp³-hybridized carbons (Fsp3) is 0.417. The molecule has 0 aromatic heterocycles. The molecule has 0 aliphatic rings. The quantitative estimate of drug-likeness (QED) is 0.833. The van der Waals surface area contributed by atoms with Crippen LogP contribution < -0.4 is 0 Å². The highest BCUT2D eigenvalue weighted by atomic mass is 32.2. The fourth-order valence-electron chi connectivity index (χ4n) is 1.70. The van der Waals surface area contributed by atoms with E-state index in [1.165, 1.54) is 13.8 Å². The molecular formula is C12H13F4NO4S. The summed E-state index contributed by atoms with van der Waals surface area (Å²) in [5.41, 5.74) is -1.60. The summed E-state index contributed by atoms with van der Waals surface area (Å²) in [7, 11) is -4.43. The number of aliphatic carboxylic acids is 1. The molecule has 0 spiro atoms. The molecule has 5 nitrogen and oxygen atoms in total. The van der Waals surface area contributed by atoms with Gasteiger partial charge in [0.25, 0.3) is 0 Å². The van der Waals surface area contributed by atoms with Gasteiger partial charge in [-0.15, -0.1) is 0 Å². The van der Waals surface area contributed by atoms with Crippen molar-refractivity contribution in [3.63, 3.8) is 0 Å². The second-order valence-electron chi connectivity index (χ2n) is 4.68. The highest BCUT2D eigenvalue weighted by molar-refractivity contribution is 7.89. The van der Waals surface area contributed by atoms with Crippen LogP contribution in [-0.2, 0) is 21.0 Å². The van der Waals surface area contributed by atoms with Gasteiger partial charge in [-0.2, -0.15) is 17.5 Å². The second-order valence-corrected chi connectivity index (χ2v) is 6.57. The van der Waals surface area contributed by atoms with E-state index in [0.717, 1.165) is 0 Å². The zero-order chi connectivity index (χ0) is 17.3. The molecule has 124 valence electrons. The van der Waals surface area contributed by atoms with Crippen molar-refractivity contribution in [3.05, 3.63) is 29.6 Å². The number of carboxylic acids is 1. The summed E-state index contributed by atoms with van der Waals surface area (Å²) >= 11 is 0. The zero-order valence-corrected chi connectivity index (χ0v) is 12.4. The molecule has 0 atom stereocenters. The van der Waals surface area contributed by atoms with E-state index in [1.807, 2.05) is 0 Å². The maximum Gasteiger partial charge on any atom is 0.419 e. The lowest BCUT2D eigenvalue weighted by Crippen LogP contribution is -2.40. The molecule has 1 aromatic rings. The normalized spacial score (nSPS) is 12.9. The molecule has 22 heavy (non-hydrogen) atoms. The van der Waals surface area contributed by atoms with Crippen molar-refractivity contribution in [2.24, 2.45) is 0 Å². The Labute approximate surface area is 124 Å². The van der Waals surface area contributed by atoms with E-state index in [1.54, 1.807) is 0 Å². The molecule has 0 fully saturated rings. The van der Waals surface area contributed by atoms with Gasteiger partial charge in [0.05, 0.1) is 10.5 Å². The molecule has 0 saturated carbocycles. The number of alkyl halides is 3. The number of sulfonamides is 1. The first-order valence-corrected chi connectivity index (χ1v) is 7.41. The summed E-state index contributed by atoms with van der Waals surface area (Å²) < 4.78 is 75.9. The summed E-state index contributed by atoms with van der Waals surface area (Å²) in [4.78, 5) is 9.97. The highest BCUT2D eigenvalue weighted by Gasteiger charge is 2.36. The van der Waals surface area contributed by atoms with Gasteiger partial charge in [-0.25, -0.2) is 12.8 Å². The van der Waals surface area contributed by atoms with Crippen LogP contribution in [0.2, 0.25) is 0 Å². The van der Waals surface area contributed by atoms with Crippen LogP contribution in [0.15, 0.2) is 23.1 Å². The first-order valence-electron chi connectivity index (χ1n) is 5.97. The van der Waals surface area contributed by atoms with Crippen LogP contribution >= 0.6 is 0 Å². The lowest BCUT2D eigenvalue weighted by Gasteiger charge is -2.24. The third kappa shape index (κ3) is 3.95. The van der Waals surface area contributed by atoms with E-state index < -0.39 is 51.0 Å². The maximum atomic E-state index is 13.5. The van der Waals surface area contributed by atoms with Crippen molar-refractivity contribution < 1.29 is 35.9 Å². The van der Waals surface area contributed by atoms with Gasteiger partial charge in [-0.3, -0.25) is 4.79 Å². The van der Waals surface area contributed by atoms with E-state index in [2.05, 4.69) is 0 Å². The summed E-state index contributed by atoms with van der Waals surface area (Å²) in [5, 5.41) is 8.72. The summed E-state index contributed by atoms with van der Waals surface area (Å²) in [6.07, 6.45) is -4.95. The third-order valence-corrected chi connectivity index (χ3v) is 4.74. The lowest BCUT2D eigenvalue weighted by atomic mass is 10.2. The molecule has 0 saturated heterocycles. The lowest BCUT2D eigenvalue weighted by molar-refractivity contribution is -0.140. The monoisotopic (exact) mass is 343 g/mol. The molecular weight excluding hydrogens is 330 g/mol. The second kappa shape index (κ2) is 6.21. The Bertz CT molecular complexity index is 670. The Morgan fingerprint density at radius 1 is 1.32 bits per heavy atom. The zero-order valence-electron chi connectivity index (χ0n) is 11.6. The molecule has 1 aromatic carbocycles. The Balaban J connectivity index is 3.34. The number of benzene rings is 1. The Hall–Kier alpha value is -1.68. The van der Waals surface area contributed by atoms with Crippen LogP contribution in [0, 0.1) is 5.82 Å². The largest absolute Gasteiger partial charge is 0.480 e. The molecule has 1 N–H and O–H groups in total. The van der Waals surface area contributed by atoms with Gasteiger partial charge in [0.2, 0.25) is 10.0 Å². The van der Waals surface area contributed by atoms with Gasteiger partial charge in [0.1, 0.15) is 12.4 Å². The van der Waals surface area contributed by atoms with Crippen LogP contribution in [0.4, 0.5) is 17.6 Å². The predicted molar refractivity (Wildman–Crippen MR) is 68.1 cm³/mol. The van der Waals surface area contributed by atoms with Crippen molar-refractivity contribution >= 4 is 16.0 Å². The molecule has 0 aliphatic heterocycles. The predicted octanol–water partition coefficient (Wildman–Crippen LogP) is 2.33. The Kier molecular flexibility index (Phi) is 5.18. The molecule has 0 radical (unpaired) electrons. The maximum absolute atomic E-state index is 13.5. The minimum Gasteiger partial charge on any atom is -0.480 e. The van der Waals surface area contributed by atoms with Gasteiger partial charge in [-0.1, -0.05) is 0 Å². The SMILES string of the molecule is CC(C)N(CC(=O)O)S(=O)(=O)c1ccc(C(F)(F)F)c(F)c1. The third-order valence-electron chi connectivity index (χ3n) is 2.72. The van der Waals surface area contributed by atoms with Gasteiger partial charge in [0.15, 0.2) is 0 Å². The molecule has 0 heterocycles. The van der Waals surface area contributed by atoms with E-state index >= 15 is 0 Å². The van der Waals surface area contributed by atoms with Crippen molar-refractivity contribution in [1.29, 1.82) is 0 Å². The Morgan fingerprint density at radius 2 is 1.86 bits per heavy atom. The first kappa shape index (κ1) is 18.4. The van der Waals surface area contributed by atoms with Crippen LogP contribution in [0.1, 0.15) is 19.4 Å². The number of hydrogen-bond donors (Lipinski definition) is 1. The summed E-state index contributed by atoms with van der Waals surface area (Å²) in [6.45, 7) is 1.89. The number of halogens is 4. The Morgan fingerprint density at radius 3 is 2.23 bits per heavy atom. The van der Waals surface area contributed by atoms with Crippen molar-refractivity contribution in [2.75, 3.05) is 6.54 Å². The number of rotatable bonds is 5. The number of carboxylic acid groups (broad SMARTS) is 1. The summed E-state index contributed by atoms with van der Waals surface area (Å²) in [6, 6.07) is 0.362. The molecule has 0 unspecified atom stereocenters. The standard InChI is InChI=1S/C12H13F4NO4S/c1-7(2)17(6-11(18)19)22(20,21)8-3-4-9(10(13)5-8)12(14,15)16/h3-5,7H,6H2,1-2H3,(H,18,19). The van der Waals surface area contributed by atoms with Crippen LogP contribution in [0.3, 0.4) is 0 Å². The van der Waals surface area contributed by atoms with E-state index in [4.69, 9.17) is 5.11 Å². The molecule has 0 bridgehead atoms. The number of hydrogen-bond acceptors (Lipinski definition) is 3. The van der Waals surface area contributed by atoms with Crippen LogP contribution in [-0.4, -0.2) is 36.4 Å². The highest BCUT2D eigenvalue weighted by Crippen LogP contribution is 2.32. The van der Waals surface area contributed by atoms with Crippen molar-refractivity contribution in [2.45, 2.75) is 31.0 Å². The molecule has 0 aliphatic carbocycles. The number of carbonyl (C=O) groups is 1. The summed E-state index contributed by atoms with van der Waals surface area (Å²) in [5.74, 6) is -3.18. The smallest absolute Gasteiger partial charge is 0.419 e. The topological polar surface area (TPSA) is 74.7 Å². The van der Waals surface area contributed by atoms with E-state index in [-0.39, 0.29) is 6.07 Å². The minimum absolute atomic E-state index is 0.232. The van der Waals surface area contributed by atoms with Gasteiger partial charge < -0.3 is 5.11 Å². The average molecular weight is 343 g/mol. The van der Waals surface area contributed by atoms with Crippen molar-refractivity contribution in [3.8, 4) is 0 Å². The fourth-order valence-corrected chi connectivity index (χ4v) is 3.30. The van der Waals surface area contributed by atoms with Crippen LogP contribution in [0.25, 0.3) is 0 Å². The van der Waals surface area contributed by atoms with E-state index in [0.29, 0.717) is 16.4 Å². The minimum atomic E-state index is -4.95. The molecule has 1 rings (SSSR count). The molecule has 10 heteroatoms. The van der Waals surface area contributed by atoms with Gasteiger partial charge >= 0.3 is 12.1 Å². The van der Waals surface area contributed by atoms with Gasteiger partial charge in [0, 0.05) is 6.04 Å². The van der Waals surface area contributed by atoms with E-state index in [9.17, 15) is 30.8 Å². The van der Waals surface area contributed by atoms with Crippen molar-refractivity contribution in [1.82, 2.24) is 4.31 Å². The van der Waals surface area contributed by atoms with Crippen LogP contribution in [0.5, 0.6) is 0 Å².